The molecule has 1 unspecified atom stereocenters. The van der Waals surface area contributed by atoms with E-state index >= 15 is 0 Å². The van der Waals surface area contributed by atoms with Crippen molar-refractivity contribution in [3.8, 4) is 0 Å². The maximum absolute atomic E-state index is 3.28. The summed E-state index contributed by atoms with van der Waals surface area (Å²) in [6.45, 7) is 3.29. The highest BCUT2D eigenvalue weighted by atomic mass is 14.8. The third kappa shape index (κ3) is 2.93. The van der Waals surface area contributed by atoms with Crippen molar-refractivity contribution in [3.05, 3.63) is 76.9 Å². The highest BCUT2D eigenvalue weighted by molar-refractivity contribution is 5.84. The number of nitrogens with one attached hydrogen (secondary N) is 1. The van der Waals surface area contributed by atoms with Crippen LogP contribution < -0.4 is 5.32 Å². The predicted octanol–water partition coefficient (Wildman–Crippen LogP) is 4.07. The molecule has 3 rings (SSSR count). The number of rotatable bonds is 3. The molecular weight excluding hydrogens is 254 g/mol. The fourth-order valence-electron chi connectivity index (χ4n) is 3.26. The molecule has 0 bridgehead atoms. The first kappa shape index (κ1) is 14.1. The van der Waals surface area contributed by atoms with Gasteiger partial charge in [0.05, 0.1) is 0 Å². The molecule has 108 valence electrons. The normalized spacial score (nSPS) is 14.9. The van der Waals surface area contributed by atoms with Crippen LogP contribution in [0.2, 0.25) is 0 Å². The Morgan fingerprint density at radius 2 is 1.48 bits per heavy atom. The van der Waals surface area contributed by atoms with Crippen LogP contribution >= 0.6 is 0 Å². The molecule has 0 saturated carbocycles. The van der Waals surface area contributed by atoms with Crippen molar-refractivity contribution in [2.45, 2.75) is 19.8 Å². The van der Waals surface area contributed by atoms with Gasteiger partial charge in [-0.1, -0.05) is 61.5 Å². The van der Waals surface area contributed by atoms with Gasteiger partial charge < -0.3 is 5.32 Å². The summed E-state index contributed by atoms with van der Waals surface area (Å²) in [6.07, 6.45) is 4.69. The van der Waals surface area contributed by atoms with Crippen molar-refractivity contribution in [2.75, 3.05) is 13.6 Å². The highest BCUT2D eigenvalue weighted by Crippen LogP contribution is 2.34. The Morgan fingerprint density at radius 3 is 2.00 bits per heavy atom. The van der Waals surface area contributed by atoms with Crippen LogP contribution in [-0.4, -0.2) is 13.6 Å². The molecule has 0 aliphatic heterocycles. The molecule has 0 aromatic heterocycles. The maximum atomic E-state index is 3.28. The van der Waals surface area contributed by atoms with Crippen molar-refractivity contribution >= 4 is 5.57 Å². The monoisotopic (exact) mass is 277 g/mol. The van der Waals surface area contributed by atoms with Crippen molar-refractivity contribution < 1.29 is 0 Å². The predicted molar refractivity (Wildman–Crippen MR) is 90.5 cm³/mol. The van der Waals surface area contributed by atoms with Crippen LogP contribution in [0.4, 0.5) is 0 Å². The molecule has 0 radical (unpaired) electrons. The summed E-state index contributed by atoms with van der Waals surface area (Å²) in [5, 5.41) is 3.28. The molecule has 1 aliphatic rings. The zero-order valence-corrected chi connectivity index (χ0v) is 12.9. The summed E-state index contributed by atoms with van der Waals surface area (Å²) in [4.78, 5) is 0. The highest BCUT2D eigenvalue weighted by Gasteiger charge is 2.17. The van der Waals surface area contributed by atoms with Gasteiger partial charge in [-0.05, 0) is 53.6 Å². The van der Waals surface area contributed by atoms with E-state index < -0.39 is 0 Å². The average Bonchev–Trinajstić information content (AvgIpc) is 2.66. The van der Waals surface area contributed by atoms with Crippen molar-refractivity contribution in [1.82, 2.24) is 5.32 Å². The molecule has 1 atom stereocenters. The topological polar surface area (TPSA) is 12.0 Å². The van der Waals surface area contributed by atoms with E-state index in [0.29, 0.717) is 5.92 Å². The first-order valence-electron chi connectivity index (χ1n) is 7.82. The van der Waals surface area contributed by atoms with Crippen LogP contribution in [0.1, 0.15) is 29.2 Å². The Balaban J connectivity index is 2.15. The number of benzene rings is 2. The second-order valence-corrected chi connectivity index (χ2v) is 5.93. The lowest BCUT2D eigenvalue weighted by atomic mass is 9.91. The van der Waals surface area contributed by atoms with E-state index in [4.69, 9.17) is 0 Å². The molecule has 0 fully saturated rings. The van der Waals surface area contributed by atoms with E-state index in [-0.39, 0.29) is 0 Å². The van der Waals surface area contributed by atoms with Gasteiger partial charge in [-0.3, -0.25) is 0 Å². The van der Waals surface area contributed by atoms with Gasteiger partial charge in [-0.25, -0.2) is 0 Å². The first-order chi connectivity index (χ1) is 10.3. The smallest absolute Gasteiger partial charge is 0.000884 e. The lowest BCUT2D eigenvalue weighted by Crippen LogP contribution is -2.15. The molecule has 0 amide bonds. The van der Waals surface area contributed by atoms with Crippen LogP contribution in [0.25, 0.3) is 5.57 Å². The number of hydrogen-bond donors (Lipinski definition) is 1. The SMILES string of the molecule is CNCC(C)C=C1c2ccccc2CCc2ccccc21. The molecule has 1 nitrogen and oxygen atoms in total. The van der Waals surface area contributed by atoms with E-state index in [1.807, 2.05) is 7.05 Å². The minimum atomic E-state index is 0.518. The van der Waals surface area contributed by atoms with Crippen LogP contribution in [0, 0.1) is 5.92 Å². The lowest BCUT2D eigenvalue weighted by molar-refractivity contribution is 0.651. The molecule has 1 heteroatoms. The summed E-state index contributed by atoms with van der Waals surface area (Å²) in [5.74, 6) is 0.518. The molecule has 1 aliphatic carbocycles. The number of fused-ring (bicyclic) bond motifs is 2. The van der Waals surface area contributed by atoms with E-state index in [1.54, 1.807) is 0 Å². The summed E-state index contributed by atoms with van der Waals surface area (Å²) < 4.78 is 0. The minimum absolute atomic E-state index is 0.518. The largest absolute Gasteiger partial charge is 0.319 e. The summed E-state index contributed by atoms with van der Waals surface area (Å²) >= 11 is 0. The zero-order chi connectivity index (χ0) is 14.7. The summed E-state index contributed by atoms with van der Waals surface area (Å²) in [7, 11) is 2.02. The van der Waals surface area contributed by atoms with Gasteiger partial charge in [-0.2, -0.15) is 0 Å². The van der Waals surface area contributed by atoms with E-state index in [2.05, 4.69) is 66.8 Å². The summed E-state index contributed by atoms with van der Waals surface area (Å²) in [6, 6.07) is 17.7. The third-order valence-electron chi connectivity index (χ3n) is 4.26. The third-order valence-corrected chi connectivity index (χ3v) is 4.26. The fourth-order valence-corrected chi connectivity index (χ4v) is 3.26. The van der Waals surface area contributed by atoms with Gasteiger partial charge in [0.15, 0.2) is 0 Å². The quantitative estimate of drug-likeness (QED) is 0.891. The van der Waals surface area contributed by atoms with Gasteiger partial charge in [-0.15, -0.1) is 0 Å². The fraction of sp³-hybridized carbons (Fsp3) is 0.300. The second-order valence-electron chi connectivity index (χ2n) is 5.93. The average molecular weight is 277 g/mol. The zero-order valence-electron chi connectivity index (χ0n) is 12.9. The molecule has 21 heavy (non-hydrogen) atoms. The Hall–Kier alpha value is -1.86. The van der Waals surface area contributed by atoms with Crippen molar-refractivity contribution in [2.24, 2.45) is 5.92 Å². The van der Waals surface area contributed by atoms with Gasteiger partial charge in [0.1, 0.15) is 0 Å². The van der Waals surface area contributed by atoms with E-state index in [0.717, 1.165) is 19.4 Å². The molecule has 2 aromatic rings. The Morgan fingerprint density at radius 1 is 0.952 bits per heavy atom. The van der Waals surface area contributed by atoms with Crippen LogP contribution in [0.3, 0.4) is 0 Å². The Labute approximate surface area is 127 Å². The van der Waals surface area contributed by atoms with Gasteiger partial charge in [0.25, 0.3) is 0 Å². The maximum Gasteiger partial charge on any atom is 0.000884 e. The molecule has 0 spiro atoms. The van der Waals surface area contributed by atoms with Crippen LogP contribution in [0.15, 0.2) is 54.6 Å². The number of hydrogen-bond acceptors (Lipinski definition) is 1. The van der Waals surface area contributed by atoms with E-state index in [9.17, 15) is 0 Å². The number of aryl methyl sites for hydroxylation is 2. The van der Waals surface area contributed by atoms with E-state index in [1.165, 1.54) is 27.8 Å². The summed E-state index contributed by atoms with van der Waals surface area (Å²) in [5.41, 5.74) is 7.16. The molecular formula is C20H23N. The van der Waals surface area contributed by atoms with Gasteiger partial charge >= 0.3 is 0 Å². The van der Waals surface area contributed by atoms with Gasteiger partial charge in [0.2, 0.25) is 0 Å². The van der Waals surface area contributed by atoms with Crippen molar-refractivity contribution in [3.63, 3.8) is 0 Å². The first-order valence-corrected chi connectivity index (χ1v) is 7.82. The standard InChI is InChI=1S/C20H23N/c1-15(14-21-2)13-20-18-9-5-3-7-16(18)11-12-17-8-4-6-10-19(17)20/h3-10,13,15,21H,11-12,14H2,1-2H3. The van der Waals surface area contributed by atoms with Crippen LogP contribution in [0.5, 0.6) is 0 Å². The van der Waals surface area contributed by atoms with Crippen LogP contribution in [-0.2, 0) is 12.8 Å². The van der Waals surface area contributed by atoms with Gasteiger partial charge in [0, 0.05) is 6.54 Å². The Kier molecular flexibility index (Phi) is 4.21. The molecule has 0 heterocycles. The molecule has 0 saturated heterocycles. The second kappa shape index (κ2) is 6.28. The lowest BCUT2D eigenvalue weighted by Gasteiger charge is -2.14. The minimum Gasteiger partial charge on any atom is -0.319 e. The molecule has 2 aromatic carbocycles. The Bertz CT molecular complexity index is 605. The molecule has 1 N–H and O–H groups in total. The van der Waals surface area contributed by atoms with Crippen molar-refractivity contribution in [1.29, 1.82) is 0 Å².